The van der Waals surface area contributed by atoms with Crippen molar-refractivity contribution in [1.82, 2.24) is 4.90 Å². The third kappa shape index (κ3) is 3.79. The molecule has 1 unspecified atom stereocenters. The number of amides is 1. The molecule has 1 aliphatic rings. The van der Waals surface area contributed by atoms with Crippen molar-refractivity contribution in [3.8, 4) is 0 Å². The number of nitrogens with zero attached hydrogens (tertiary/aromatic N) is 1. The molecule has 3 nitrogen and oxygen atoms in total. The molecule has 1 aromatic rings. The van der Waals surface area contributed by atoms with Crippen LogP contribution in [-0.4, -0.2) is 41.5 Å². The van der Waals surface area contributed by atoms with Crippen LogP contribution in [0, 0.1) is 0 Å². The first-order valence-corrected chi connectivity index (χ1v) is 7.59. The molecule has 6 heteroatoms. The van der Waals surface area contributed by atoms with Gasteiger partial charge in [0.1, 0.15) is 0 Å². The number of benzene rings is 1. The van der Waals surface area contributed by atoms with E-state index in [0.29, 0.717) is 34.6 Å². The van der Waals surface area contributed by atoms with E-state index in [1.54, 1.807) is 23.1 Å². The van der Waals surface area contributed by atoms with Crippen molar-refractivity contribution in [2.45, 2.75) is 25.6 Å². The lowest BCUT2D eigenvalue weighted by Crippen LogP contribution is -2.55. The van der Waals surface area contributed by atoms with Gasteiger partial charge >= 0.3 is 0 Å². The SMILES string of the molecule is CC1(C)CN(C(=O)c2cc(Cl)cc(Cl)c2)CC(CCl)O1. The molecule has 1 amide bonds. The van der Waals surface area contributed by atoms with Gasteiger partial charge in [-0.3, -0.25) is 4.79 Å². The summed E-state index contributed by atoms with van der Waals surface area (Å²) < 4.78 is 5.81. The molecule has 1 fully saturated rings. The van der Waals surface area contributed by atoms with Gasteiger partial charge in [0.05, 0.1) is 17.6 Å². The summed E-state index contributed by atoms with van der Waals surface area (Å²) in [7, 11) is 0. The van der Waals surface area contributed by atoms with Gasteiger partial charge in [0.15, 0.2) is 0 Å². The number of carbonyl (C=O) groups excluding carboxylic acids is 1. The lowest BCUT2D eigenvalue weighted by atomic mass is 10.0. The van der Waals surface area contributed by atoms with Crippen molar-refractivity contribution in [3.05, 3.63) is 33.8 Å². The Hall–Kier alpha value is -0.480. The maximum atomic E-state index is 12.6. The van der Waals surface area contributed by atoms with E-state index >= 15 is 0 Å². The highest BCUT2D eigenvalue weighted by Gasteiger charge is 2.35. The standard InChI is InChI=1S/C14H16Cl3NO2/c1-14(2)8-18(7-12(6-15)20-14)13(19)9-3-10(16)5-11(17)4-9/h3-5,12H,6-8H2,1-2H3. The second-order valence-electron chi connectivity index (χ2n) is 5.50. The summed E-state index contributed by atoms with van der Waals surface area (Å²) in [6, 6.07) is 4.84. The zero-order valence-electron chi connectivity index (χ0n) is 11.3. The molecular weight excluding hydrogens is 321 g/mol. The minimum absolute atomic E-state index is 0.110. The quantitative estimate of drug-likeness (QED) is 0.768. The van der Waals surface area contributed by atoms with Crippen LogP contribution in [0.5, 0.6) is 0 Å². The number of alkyl halides is 1. The number of rotatable bonds is 2. The largest absolute Gasteiger partial charge is 0.367 e. The molecule has 1 heterocycles. The zero-order chi connectivity index (χ0) is 14.9. The van der Waals surface area contributed by atoms with Gasteiger partial charge in [0.25, 0.3) is 5.91 Å². The van der Waals surface area contributed by atoms with Gasteiger partial charge < -0.3 is 9.64 Å². The summed E-state index contributed by atoms with van der Waals surface area (Å²) in [5.41, 5.74) is 0.0593. The van der Waals surface area contributed by atoms with Crippen LogP contribution in [0.2, 0.25) is 10.0 Å². The molecule has 0 radical (unpaired) electrons. The molecule has 0 N–H and O–H groups in total. The number of halogens is 3. The molecule has 1 aromatic carbocycles. The predicted molar refractivity (Wildman–Crippen MR) is 82.0 cm³/mol. The monoisotopic (exact) mass is 335 g/mol. The van der Waals surface area contributed by atoms with Crippen molar-refractivity contribution in [1.29, 1.82) is 0 Å². The Labute approximate surface area is 133 Å². The molecule has 1 aliphatic heterocycles. The van der Waals surface area contributed by atoms with Crippen LogP contribution in [0.25, 0.3) is 0 Å². The summed E-state index contributed by atoms with van der Waals surface area (Å²) in [4.78, 5) is 14.3. The number of hydrogen-bond acceptors (Lipinski definition) is 2. The van der Waals surface area contributed by atoms with Crippen molar-refractivity contribution >= 4 is 40.7 Å². The molecule has 110 valence electrons. The molecule has 1 atom stereocenters. The molecule has 0 aromatic heterocycles. The van der Waals surface area contributed by atoms with E-state index in [2.05, 4.69) is 0 Å². The van der Waals surface area contributed by atoms with Crippen molar-refractivity contribution in [2.24, 2.45) is 0 Å². The summed E-state index contributed by atoms with van der Waals surface area (Å²) in [5, 5.41) is 0.893. The highest BCUT2D eigenvalue weighted by atomic mass is 35.5. The van der Waals surface area contributed by atoms with Gasteiger partial charge in [-0.15, -0.1) is 11.6 Å². The fourth-order valence-corrected chi connectivity index (χ4v) is 3.08. The van der Waals surface area contributed by atoms with Crippen LogP contribution in [0.15, 0.2) is 18.2 Å². The van der Waals surface area contributed by atoms with Gasteiger partial charge in [-0.25, -0.2) is 0 Å². The zero-order valence-corrected chi connectivity index (χ0v) is 13.6. The van der Waals surface area contributed by atoms with Crippen LogP contribution in [0.1, 0.15) is 24.2 Å². The average molecular weight is 337 g/mol. The Morgan fingerprint density at radius 3 is 2.50 bits per heavy atom. The van der Waals surface area contributed by atoms with Crippen molar-refractivity contribution < 1.29 is 9.53 Å². The van der Waals surface area contributed by atoms with Crippen LogP contribution < -0.4 is 0 Å². The van der Waals surface area contributed by atoms with Crippen LogP contribution in [0.3, 0.4) is 0 Å². The third-order valence-corrected chi connectivity index (χ3v) is 3.83. The van der Waals surface area contributed by atoms with E-state index in [4.69, 9.17) is 39.5 Å². The molecule has 0 saturated carbocycles. The van der Waals surface area contributed by atoms with Crippen molar-refractivity contribution in [3.63, 3.8) is 0 Å². The minimum atomic E-state index is -0.421. The first kappa shape index (κ1) is 15.9. The maximum absolute atomic E-state index is 12.6. The first-order chi connectivity index (χ1) is 9.30. The highest BCUT2D eigenvalue weighted by molar-refractivity contribution is 6.35. The fraction of sp³-hybridized carbons (Fsp3) is 0.500. The Morgan fingerprint density at radius 2 is 1.95 bits per heavy atom. The van der Waals surface area contributed by atoms with E-state index in [1.807, 2.05) is 13.8 Å². The molecule has 2 rings (SSSR count). The minimum Gasteiger partial charge on any atom is -0.367 e. The topological polar surface area (TPSA) is 29.5 Å². The summed E-state index contributed by atoms with van der Waals surface area (Å²) in [6.45, 7) is 4.85. The first-order valence-electron chi connectivity index (χ1n) is 6.30. The molecule has 0 aliphatic carbocycles. The lowest BCUT2D eigenvalue weighted by molar-refractivity contribution is -0.117. The van der Waals surface area contributed by atoms with Crippen LogP contribution in [0.4, 0.5) is 0 Å². The van der Waals surface area contributed by atoms with Gasteiger partial charge in [-0.1, -0.05) is 23.2 Å². The van der Waals surface area contributed by atoms with E-state index in [9.17, 15) is 4.79 Å². The summed E-state index contributed by atoms with van der Waals surface area (Å²) in [6.07, 6.45) is -0.168. The second kappa shape index (κ2) is 6.10. The fourth-order valence-electron chi connectivity index (χ4n) is 2.39. The molecular formula is C14H16Cl3NO2. The Kier molecular flexibility index (Phi) is 4.85. The molecule has 0 bridgehead atoms. The summed E-state index contributed by atoms with van der Waals surface area (Å²) in [5.74, 6) is 0.240. The number of hydrogen-bond donors (Lipinski definition) is 0. The van der Waals surface area contributed by atoms with Gasteiger partial charge in [0.2, 0.25) is 0 Å². The average Bonchev–Trinajstić information content (AvgIpc) is 2.34. The van der Waals surface area contributed by atoms with Crippen LogP contribution in [-0.2, 0) is 4.74 Å². The van der Waals surface area contributed by atoms with Gasteiger partial charge in [-0.05, 0) is 32.0 Å². The Balaban J connectivity index is 2.23. The van der Waals surface area contributed by atoms with Crippen LogP contribution >= 0.6 is 34.8 Å². The van der Waals surface area contributed by atoms with E-state index in [1.165, 1.54) is 0 Å². The summed E-state index contributed by atoms with van der Waals surface area (Å²) >= 11 is 17.8. The Morgan fingerprint density at radius 1 is 1.35 bits per heavy atom. The number of morpholine rings is 1. The van der Waals surface area contributed by atoms with E-state index < -0.39 is 5.60 Å². The number of carbonyl (C=O) groups is 1. The van der Waals surface area contributed by atoms with Gasteiger partial charge in [-0.2, -0.15) is 0 Å². The van der Waals surface area contributed by atoms with E-state index in [-0.39, 0.29) is 12.0 Å². The predicted octanol–water partition coefficient (Wildman–Crippen LogP) is 3.85. The smallest absolute Gasteiger partial charge is 0.254 e. The van der Waals surface area contributed by atoms with E-state index in [0.717, 1.165) is 0 Å². The molecule has 1 saturated heterocycles. The third-order valence-electron chi connectivity index (χ3n) is 3.05. The van der Waals surface area contributed by atoms with Gasteiger partial charge in [0, 0.05) is 28.7 Å². The normalized spacial score (nSPS) is 21.9. The second-order valence-corrected chi connectivity index (χ2v) is 6.68. The number of ether oxygens (including phenoxy) is 1. The molecule has 0 spiro atoms. The maximum Gasteiger partial charge on any atom is 0.254 e. The lowest BCUT2D eigenvalue weighted by Gasteiger charge is -2.42. The van der Waals surface area contributed by atoms with Crippen molar-refractivity contribution in [2.75, 3.05) is 19.0 Å². The highest BCUT2D eigenvalue weighted by Crippen LogP contribution is 2.25. The molecule has 20 heavy (non-hydrogen) atoms. The Bertz CT molecular complexity index is 499.